The van der Waals surface area contributed by atoms with E-state index in [4.69, 9.17) is 0 Å². The molecule has 1 aromatic heterocycles. The summed E-state index contributed by atoms with van der Waals surface area (Å²) >= 11 is 0. The summed E-state index contributed by atoms with van der Waals surface area (Å²) in [6.45, 7) is 6.01. The Hall–Kier alpha value is -1.57. The van der Waals surface area contributed by atoms with Crippen molar-refractivity contribution in [1.82, 2.24) is 4.98 Å². The molecule has 0 amide bonds. The first-order chi connectivity index (χ1) is 7.31. The molecule has 2 heteroatoms. The Balaban J connectivity index is 0.000000531. The fourth-order valence-electron chi connectivity index (χ4n) is 1.51. The molecule has 1 heterocycles. The van der Waals surface area contributed by atoms with Gasteiger partial charge < -0.3 is 5.32 Å². The van der Waals surface area contributed by atoms with Crippen molar-refractivity contribution in [3.8, 4) is 0 Å². The zero-order chi connectivity index (χ0) is 11.3. The van der Waals surface area contributed by atoms with E-state index in [0.717, 1.165) is 16.9 Å². The van der Waals surface area contributed by atoms with Crippen LogP contribution in [0.25, 0.3) is 10.9 Å². The Morgan fingerprint density at radius 2 is 1.80 bits per heavy atom. The van der Waals surface area contributed by atoms with Crippen LogP contribution in [-0.4, -0.2) is 12.0 Å². The van der Waals surface area contributed by atoms with E-state index < -0.39 is 0 Å². The second kappa shape index (κ2) is 5.35. The number of para-hydroxylation sites is 1. The SMILES string of the molecule is CC.CNc1cc(C)nc2ccccc12. The third-order valence-corrected chi connectivity index (χ3v) is 2.11. The van der Waals surface area contributed by atoms with Crippen LogP contribution >= 0.6 is 0 Å². The maximum atomic E-state index is 4.44. The molecule has 2 nitrogen and oxygen atoms in total. The van der Waals surface area contributed by atoms with Gasteiger partial charge in [0.1, 0.15) is 0 Å². The molecule has 0 bridgehead atoms. The average molecular weight is 202 g/mol. The Morgan fingerprint density at radius 1 is 1.13 bits per heavy atom. The predicted octanol–water partition coefficient (Wildman–Crippen LogP) is 3.61. The first-order valence-corrected chi connectivity index (χ1v) is 5.35. The fourth-order valence-corrected chi connectivity index (χ4v) is 1.51. The third-order valence-electron chi connectivity index (χ3n) is 2.11. The van der Waals surface area contributed by atoms with Gasteiger partial charge in [-0.1, -0.05) is 32.0 Å². The minimum absolute atomic E-state index is 1.04. The molecular formula is C13H18N2. The van der Waals surface area contributed by atoms with E-state index in [1.54, 1.807) is 0 Å². The number of nitrogens with zero attached hydrogens (tertiary/aromatic N) is 1. The highest BCUT2D eigenvalue weighted by molar-refractivity contribution is 5.91. The predicted molar refractivity (Wildman–Crippen MR) is 67.4 cm³/mol. The van der Waals surface area contributed by atoms with Gasteiger partial charge in [-0.3, -0.25) is 4.98 Å². The van der Waals surface area contributed by atoms with Crippen LogP contribution in [0, 0.1) is 6.92 Å². The van der Waals surface area contributed by atoms with Crippen molar-refractivity contribution in [2.75, 3.05) is 12.4 Å². The van der Waals surface area contributed by atoms with Gasteiger partial charge in [-0.05, 0) is 19.1 Å². The monoisotopic (exact) mass is 202 g/mol. The van der Waals surface area contributed by atoms with Crippen molar-refractivity contribution in [3.63, 3.8) is 0 Å². The molecule has 80 valence electrons. The zero-order valence-electron chi connectivity index (χ0n) is 9.83. The summed E-state index contributed by atoms with van der Waals surface area (Å²) in [6.07, 6.45) is 0. The van der Waals surface area contributed by atoms with Crippen LogP contribution in [0.3, 0.4) is 0 Å². The summed E-state index contributed by atoms with van der Waals surface area (Å²) in [5.74, 6) is 0. The lowest BCUT2D eigenvalue weighted by Gasteiger charge is -2.06. The van der Waals surface area contributed by atoms with Gasteiger partial charge in [-0.25, -0.2) is 0 Å². The van der Waals surface area contributed by atoms with Gasteiger partial charge in [0.2, 0.25) is 0 Å². The van der Waals surface area contributed by atoms with Crippen molar-refractivity contribution in [2.24, 2.45) is 0 Å². The second-order valence-corrected chi connectivity index (χ2v) is 3.08. The number of pyridine rings is 1. The summed E-state index contributed by atoms with van der Waals surface area (Å²) in [6, 6.07) is 10.2. The van der Waals surface area contributed by atoms with Gasteiger partial charge in [0, 0.05) is 23.8 Å². The highest BCUT2D eigenvalue weighted by Crippen LogP contribution is 2.21. The molecule has 2 aromatic rings. The first-order valence-electron chi connectivity index (χ1n) is 5.35. The van der Waals surface area contributed by atoms with Crippen LogP contribution in [0.15, 0.2) is 30.3 Å². The van der Waals surface area contributed by atoms with Gasteiger partial charge in [-0.15, -0.1) is 0 Å². The van der Waals surface area contributed by atoms with Gasteiger partial charge in [-0.2, -0.15) is 0 Å². The third kappa shape index (κ3) is 2.46. The molecule has 15 heavy (non-hydrogen) atoms. The summed E-state index contributed by atoms with van der Waals surface area (Å²) in [7, 11) is 1.93. The Bertz CT molecular complexity index is 435. The molecule has 0 saturated heterocycles. The van der Waals surface area contributed by atoms with Gasteiger partial charge in [0.05, 0.1) is 5.52 Å². The molecule has 0 aliphatic carbocycles. The number of hydrogen-bond donors (Lipinski definition) is 1. The summed E-state index contributed by atoms with van der Waals surface area (Å²) in [4.78, 5) is 4.44. The Morgan fingerprint density at radius 3 is 2.47 bits per heavy atom. The molecule has 0 spiro atoms. The van der Waals surface area contributed by atoms with E-state index in [1.807, 2.05) is 46.0 Å². The lowest BCUT2D eigenvalue weighted by Crippen LogP contribution is -1.92. The summed E-state index contributed by atoms with van der Waals surface area (Å²) < 4.78 is 0. The van der Waals surface area contributed by atoms with Crippen molar-refractivity contribution in [2.45, 2.75) is 20.8 Å². The molecule has 2 rings (SSSR count). The smallest absolute Gasteiger partial charge is 0.0725 e. The average Bonchev–Trinajstić information content (AvgIpc) is 2.30. The molecule has 1 N–H and O–H groups in total. The van der Waals surface area contributed by atoms with Crippen molar-refractivity contribution in [3.05, 3.63) is 36.0 Å². The van der Waals surface area contributed by atoms with Crippen LogP contribution < -0.4 is 5.32 Å². The summed E-state index contributed by atoms with van der Waals surface area (Å²) in [5.41, 5.74) is 3.23. The maximum Gasteiger partial charge on any atom is 0.0725 e. The molecule has 0 aliphatic rings. The van der Waals surface area contributed by atoms with Crippen molar-refractivity contribution >= 4 is 16.6 Å². The number of anilines is 1. The summed E-state index contributed by atoms with van der Waals surface area (Å²) in [5, 5.41) is 4.35. The highest BCUT2D eigenvalue weighted by Gasteiger charge is 2.00. The molecule has 1 aromatic carbocycles. The number of fused-ring (bicyclic) bond motifs is 1. The molecule has 0 atom stereocenters. The first kappa shape index (κ1) is 11.5. The standard InChI is InChI=1S/C11H12N2.C2H6/c1-8-7-11(12-2)9-5-3-4-6-10(9)13-8;1-2/h3-7H,1-2H3,(H,12,13);1-2H3. The largest absolute Gasteiger partial charge is 0.388 e. The van der Waals surface area contributed by atoms with Crippen LogP contribution in [0.1, 0.15) is 19.5 Å². The number of nitrogens with one attached hydrogen (secondary N) is 1. The number of hydrogen-bond acceptors (Lipinski definition) is 2. The highest BCUT2D eigenvalue weighted by atomic mass is 14.8. The lowest BCUT2D eigenvalue weighted by molar-refractivity contribution is 1.25. The van der Waals surface area contributed by atoms with Gasteiger partial charge >= 0.3 is 0 Å². The van der Waals surface area contributed by atoms with Gasteiger partial charge in [0.25, 0.3) is 0 Å². The van der Waals surface area contributed by atoms with Crippen LogP contribution in [-0.2, 0) is 0 Å². The fraction of sp³-hybridized carbons (Fsp3) is 0.308. The van der Waals surface area contributed by atoms with Gasteiger partial charge in [0.15, 0.2) is 0 Å². The minimum atomic E-state index is 1.04. The van der Waals surface area contributed by atoms with E-state index >= 15 is 0 Å². The lowest BCUT2D eigenvalue weighted by atomic mass is 10.1. The second-order valence-electron chi connectivity index (χ2n) is 3.08. The van der Waals surface area contributed by atoms with Crippen LogP contribution in [0.5, 0.6) is 0 Å². The number of benzene rings is 1. The molecule has 0 radical (unpaired) electrons. The van der Waals surface area contributed by atoms with Crippen LogP contribution in [0.2, 0.25) is 0 Å². The zero-order valence-corrected chi connectivity index (χ0v) is 9.83. The van der Waals surface area contributed by atoms with E-state index in [2.05, 4.69) is 22.4 Å². The number of aromatic nitrogens is 1. The van der Waals surface area contributed by atoms with E-state index in [1.165, 1.54) is 5.39 Å². The number of aryl methyl sites for hydroxylation is 1. The van der Waals surface area contributed by atoms with Crippen molar-refractivity contribution in [1.29, 1.82) is 0 Å². The Labute approximate surface area is 91.3 Å². The molecule has 0 aliphatic heterocycles. The molecule has 0 saturated carbocycles. The van der Waals surface area contributed by atoms with Crippen molar-refractivity contribution < 1.29 is 0 Å². The molecule has 0 unspecified atom stereocenters. The number of rotatable bonds is 1. The Kier molecular flexibility index (Phi) is 4.10. The van der Waals surface area contributed by atoms with E-state index in [0.29, 0.717) is 0 Å². The molecular weight excluding hydrogens is 184 g/mol. The van der Waals surface area contributed by atoms with E-state index in [9.17, 15) is 0 Å². The maximum absolute atomic E-state index is 4.44. The quantitative estimate of drug-likeness (QED) is 0.764. The topological polar surface area (TPSA) is 24.9 Å². The molecule has 0 fully saturated rings. The van der Waals surface area contributed by atoms with Crippen LogP contribution in [0.4, 0.5) is 5.69 Å². The normalized spacial score (nSPS) is 9.33. The van der Waals surface area contributed by atoms with E-state index in [-0.39, 0.29) is 0 Å². The minimum Gasteiger partial charge on any atom is -0.388 e.